The second-order valence-corrected chi connectivity index (χ2v) is 12.1. The molecule has 2 N–H and O–H groups in total. The van der Waals surface area contributed by atoms with Crippen molar-refractivity contribution in [3.63, 3.8) is 0 Å². The third-order valence-corrected chi connectivity index (χ3v) is 8.66. The number of methoxy groups -OCH3 is 1. The molecule has 5 aromatic carbocycles. The van der Waals surface area contributed by atoms with Crippen LogP contribution in [0, 0.1) is 0 Å². The third kappa shape index (κ3) is 9.60. The van der Waals surface area contributed by atoms with Crippen molar-refractivity contribution < 1.29 is 19.1 Å². The van der Waals surface area contributed by atoms with Crippen molar-refractivity contribution in [3.8, 4) is 11.5 Å². The Labute approximate surface area is 290 Å². The van der Waals surface area contributed by atoms with Gasteiger partial charge in [0.05, 0.1) is 25.6 Å². The lowest BCUT2D eigenvalue weighted by molar-refractivity contribution is -0.125. The predicted octanol–water partition coefficient (Wildman–Crippen LogP) is 8.94. The lowest BCUT2D eigenvalue weighted by atomic mass is 9.89. The lowest BCUT2D eigenvalue weighted by Crippen LogP contribution is -2.44. The summed E-state index contributed by atoms with van der Waals surface area (Å²) >= 11 is 0. The highest BCUT2D eigenvalue weighted by Gasteiger charge is 2.30. The zero-order valence-corrected chi connectivity index (χ0v) is 28.4. The lowest BCUT2D eigenvalue weighted by Gasteiger charge is -2.27. The SMILES string of the molecule is CCCCCCCOc1cc(C(NC(=O)C(c2ccccc2)c2ccccc2)NC(=O)C(c2ccccc2)c2ccccc2)ccc1OC. The summed E-state index contributed by atoms with van der Waals surface area (Å²) in [7, 11) is 1.61. The number of carbonyl (C=O) groups is 2. The van der Waals surface area contributed by atoms with Crippen molar-refractivity contribution in [2.75, 3.05) is 13.7 Å². The third-order valence-electron chi connectivity index (χ3n) is 8.66. The van der Waals surface area contributed by atoms with E-state index in [-0.39, 0.29) is 11.8 Å². The van der Waals surface area contributed by atoms with Gasteiger partial charge >= 0.3 is 0 Å². The normalized spacial score (nSPS) is 11.0. The van der Waals surface area contributed by atoms with Crippen molar-refractivity contribution in [2.24, 2.45) is 0 Å². The van der Waals surface area contributed by atoms with Crippen LogP contribution in [0.25, 0.3) is 0 Å². The Morgan fingerprint density at radius 1 is 0.531 bits per heavy atom. The largest absolute Gasteiger partial charge is 0.493 e. The number of unbranched alkanes of at least 4 members (excludes halogenated alkanes) is 4. The number of rotatable bonds is 17. The highest BCUT2D eigenvalue weighted by molar-refractivity contribution is 5.90. The molecule has 0 saturated heterocycles. The molecule has 0 aliphatic heterocycles. The summed E-state index contributed by atoms with van der Waals surface area (Å²) in [6.07, 6.45) is 4.70. The van der Waals surface area contributed by atoms with Crippen molar-refractivity contribution in [1.29, 1.82) is 0 Å². The van der Waals surface area contributed by atoms with Crippen LogP contribution in [0.2, 0.25) is 0 Å². The Morgan fingerprint density at radius 2 is 0.959 bits per heavy atom. The fraction of sp³-hybridized carbons (Fsp3) is 0.256. The molecule has 0 spiro atoms. The van der Waals surface area contributed by atoms with Gasteiger partial charge in [0, 0.05) is 0 Å². The van der Waals surface area contributed by atoms with E-state index in [4.69, 9.17) is 9.47 Å². The second kappa shape index (κ2) is 18.3. The van der Waals surface area contributed by atoms with E-state index in [0.717, 1.165) is 35.1 Å². The van der Waals surface area contributed by atoms with Gasteiger partial charge in [-0.1, -0.05) is 160 Å². The molecule has 5 aromatic rings. The van der Waals surface area contributed by atoms with Gasteiger partial charge < -0.3 is 20.1 Å². The van der Waals surface area contributed by atoms with E-state index in [1.165, 1.54) is 19.3 Å². The molecule has 0 aliphatic rings. The minimum atomic E-state index is -0.873. The quantitative estimate of drug-likeness (QED) is 0.0776. The summed E-state index contributed by atoms with van der Waals surface area (Å²) in [5.41, 5.74) is 4.08. The average Bonchev–Trinajstić information content (AvgIpc) is 3.15. The number of ether oxygens (including phenoxy) is 2. The van der Waals surface area contributed by atoms with Gasteiger partial charge in [-0.15, -0.1) is 0 Å². The predicted molar refractivity (Wildman–Crippen MR) is 196 cm³/mol. The van der Waals surface area contributed by atoms with Gasteiger partial charge in [-0.25, -0.2) is 0 Å². The smallest absolute Gasteiger partial charge is 0.233 e. The number of amides is 2. The summed E-state index contributed by atoms with van der Waals surface area (Å²) in [6, 6.07) is 44.3. The molecular formula is C43H46N2O4. The molecule has 0 fully saturated rings. The van der Waals surface area contributed by atoms with Crippen LogP contribution in [0.5, 0.6) is 11.5 Å². The molecule has 0 radical (unpaired) electrons. The highest BCUT2D eigenvalue weighted by Crippen LogP contribution is 2.33. The van der Waals surface area contributed by atoms with E-state index in [1.807, 2.05) is 140 Å². The first-order valence-corrected chi connectivity index (χ1v) is 17.2. The molecule has 0 aromatic heterocycles. The van der Waals surface area contributed by atoms with Crippen molar-refractivity contribution in [3.05, 3.63) is 167 Å². The summed E-state index contributed by atoms with van der Waals surface area (Å²) in [4.78, 5) is 28.8. The Morgan fingerprint density at radius 3 is 1.37 bits per heavy atom. The van der Waals surface area contributed by atoms with Gasteiger partial charge in [0.2, 0.25) is 11.8 Å². The Kier molecular flexibility index (Phi) is 13.0. The van der Waals surface area contributed by atoms with Gasteiger partial charge in [-0.05, 0) is 46.4 Å². The van der Waals surface area contributed by atoms with E-state index in [1.54, 1.807) is 7.11 Å². The van der Waals surface area contributed by atoms with E-state index in [2.05, 4.69) is 17.6 Å². The average molecular weight is 655 g/mol. The topological polar surface area (TPSA) is 76.7 Å². The number of nitrogens with one attached hydrogen (secondary N) is 2. The van der Waals surface area contributed by atoms with Crippen LogP contribution in [0.15, 0.2) is 140 Å². The number of hydrogen-bond donors (Lipinski definition) is 2. The first-order valence-electron chi connectivity index (χ1n) is 17.2. The molecule has 252 valence electrons. The molecule has 49 heavy (non-hydrogen) atoms. The minimum Gasteiger partial charge on any atom is -0.493 e. The first-order chi connectivity index (χ1) is 24.1. The van der Waals surface area contributed by atoms with Crippen LogP contribution >= 0.6 is 0 Å². The van der Waals surface area contributed by atoms with Crippen molar-refractivity contribution >= 4 is 11.8 Å². The number of hydrogen-bond acceptors (Lipinski definition) is 4. The molecule has 0 heterocycles. The van der Waals surface area contributed by atoms with Crippen LogP contribution in [0.4, 0.5) is 0 Å². The highest BCUT2D eigenvalue weighted by atomic mass is 16.5. The maximum atomic E-state index is 14.4. The van der Waals surface area contributed by atoms with E-state index in [9.17, 15) is 9.59 Å². The molecule has 6 heteroatoms. The van der Waals surface area contributed by atoms with Gasteiger partial charge in [0.15, 0.2) is 11.5 Å². The summed E-state index contributed by atoms with van der Waals surface area (Å²) in [6.45, 7) is 2.74. The molecular weight excluding hydrogens is 608 g/mol. The summed E-state index contributed by atoms with van der Waals surface area (Å²) < 4.78 is 11.9. The first kappa shape index (κ1) is 35.0. The van der Waals surface area contributed by atoms with Gasteiger partial charge in [0.1, 0.15) is 6.17 Å². The fourth-order valence-corrected chi connectivity index (χ4v) is 6.10. The maximum Gasteiger partial charge on any atom is 0.233 e. The van der Waals surface area contributed by atoms with E-state index >= 15 is 0 Å². The molecule has 5 rings (SSSR count). The standard InChI is InChI=1S/C43H46N2O4/c1-3-4-5-6-19-30-49-38-31-36(28-29-37(38)48-2)41(44-42(46)39(32-20-11-7-12-21-32)33-22-13-8-14-23-33)45-43(47)40(34-24-15-9-16-25-34)35-26-17-10-18-27-35/h7-18,20-29,31,39-41H,3-6,19,30H2,1-2H3,(H,44,46)(H,45,47). The minimum absolute atomic E-state index is 0.243. The zero-order chi connectivity index (χ0) is 34.3. The summed E-state index contributed by atoms with van der Waals surface area (Å²) in [5.74, 6) is -0.530. The van der Waals surface area contributed by atoms with Gasteiger partial charge in [-0.3, -0.25) is 9.59 Å². The Bertz CT molecular complexity index is 1550. The molecule has 0 unspecified atom stereocenters. The van der Waals surface area contributed by atoms with Crippen LogP contribution in [0.1, 0.15) is 84.8 Å². The molecule has 0 atom stereocenters. The molecule has 6 nitrogen and oxygen atoms in total. The van der Waals surface area contributed by atoms with Crippen molar-refractivity contribution in [1.82, 2.24) is 10.6 Å². The van der Waals surface area contributed by atoms with Crippen LogP contribution in [-0.2, 0) is 9.59 Å². The maximum absolute atomic E-state index is 14.4. The molecule has 2 amide bonds. The van der Waals surface area contributed by atoms with Gasteiger partial charge in [-0.2, -0.15) is 0 Å². The zero-order valence-electron chi connectivity index (χ0n) is 28.4. The van der Waals surface area contributed by atoms with Crippen LogP contribution < -0.4 is 20.1 Å². The fourth-order valence-electron chi connectivity index (χ4n) is 6.10. The Hall–Kier alpha value is -5.36. The molecule has 0 saturated carbocycles. The second-order valence-electron chi connectivity index (χ2n) is 12.1. The van der Waals surface area contributed by atoms with Crippen molar-refractivity contribution in [2.45, 2.75) is 57.0 Å². The molecule has 0 bridgehead atoms. The number of benzene rings is 5. The van der Waals surface area contributed by atoms with E-state index in [0.29, 0.717) is 23.7 Å². The van der Waals surface area contributed by atoms with E-state index < -0.39 is 18.0 Å². The molecule has 0 aliphatic carbocycles. The summed E-state index contributed by atoms with van der Waals surface area (Å²) in [5, 5.41) is 6.41. The van der Waals surface area contributed by atoms with Crippen LogP contribution in [0.3, 0.4) is 0 Å². The van der Waals surface area contributed by atoms with Crippen LogP contribution in [-0.4, -0.2) is 25.5 Å². The Balaban J connectivity index is 1.50. The monoisotopic (exact) mass is 654 g/mol. The van der Waals surface area contributed by atoms with Gasteiger partial charge in [0.25, 0.3) is 0 Å². The number of carbonyl (C=O) groups excluding carboxylic acids is 2.